The van der Waals surface area contributed by atoms with Crippen molar-refractivity contribution in [3.8, 4) is 5.75 Å². The van der Waals surface area contributed by atoms with Gasteiger partial charge in [0, 0.05) is 12.2 Å². The van der Waals surface area contributed by atoms with Gasteiger partial charge in [0.05, 0.1) is 13.2 Å². The molecule has 1 saturated carbocycles. The first-order valence-electron chi connectivity index (χ1n) is 10.2. The third-order valence-electron chi connectivity index (χ3n) is 5.77. The van der Waals surface area contributed by atoms with Gasteiger partial charge in [-0.3, -0.25) is 0 Å². The van der Waals surface area contributed by atoms with E-state index in [9.17, 15) is 0 Å². The van der Waals surface area contributed by atoms with Crippen LogP contribution < -0.4 is 9.64 Å². The average Bonchev–Trinajstić information content (AvgIpc) is 3.44. The van der Waals surface area contributed by atoms with E-state index in [-0.39, 0.29) is 0 Å². The lowest BCUT2D eigenvalue weighted by atomic mass is 10.1. The highest BCUT2D eigenvalue weighted by atomic mass is 16.5. The van der Waals surface area contributed by atoms with Gasteiger partial charge < -0.3 is 14.4 Å². The highest BCUT2D eigenvalue weighted by Gasteiger charge is 2.27. The Kier molecular flexibility index (Phi) is 5.99. The maximum Gasteiger partial charge on any atom is 0.206 e. The first kappa shape index (κ1) is 18.4. The van der Waals surface area contributed by atoms with Crippen molar-refractivity contribution in [1.29, 1.82) is 0 Å². The van der Waals surface area contributed by atoms with Gasteiger partial charge in [-0.15, -0.1) is 5.10 Å². The summed E-state index contributed by atoms with van der Waals surface area (Å²) in [5.41, 5.74) is 1.27. The van der Waals surface area contributed by atoms with Gasteiger partial charge in [-0.2, -0.15) is 0 Å². The van der Waals surface area contributed by atoms with E-state index in [1.807, 2.05) is 6.07 Å². The number of aromatic nitrogens is 4. The zero-order valence-corrected chi connectivity index (χ0v) is 16.1. The Morgan fingerprint density at radius 1 is 1.19 bits per heavy atom. The summed E-state index contributed by atoms with van der Waals surface area (Å²) in [6.07, 6.45) is 7.58. The van der Waals surface area contributed by atoms with Gasteiger partial charge in [0.1, 0.15) is 31.5 Å². The van der Waals surface area contributed by atoms with Crippen molar-refractivity contribution in [3.63, 3.8) is 0 Å². The van der Waals surface area contributed by atoms with Crippen LogP contribution in [0.3, 0.4) is 0 Å². The number of methoxy groups -OCH3 is 1. The number of hydrogen-bond acceptors (Lipinski definition) is 5. The van der Waals surface area contributed by atoms with E-state index in [4.69, 9.17) is 9.47 Å². The van der Waals surface area contributed by atoms with Crippen molar-refractivity contribution in [1.82, 2.24) is 20.2 Å². The van der Waals surface area contributed by atoms with Crippen molar-refractivity contribution in [2.75, 3.05) is 20.3 Å². The number of tetrazole rings is 1. The summed E-state index contributed by atoms with van der Waals surface area (Å²) in [6, 6.07) is 8.80. The quantitative estimate of drug-likeness (QED) is 0.762. The summed E-state index contributed by atoms with van der Waals surface area (Å²) in [4.78, 5) is 1.43. The Bertz CT molecular complexity index is 723. The van der Waals surface area contributed by atoms with Crippen LogP contribution in [0.1, 0.15) is 56.0 Å². The summed E-state index contributed by atoms with van der Waals surface area (Å²) < 4.78 is 13.4. The molecule has 146 valence electrons. The van der Waals surface area contributed by atoms with Gasteiger partial charge in [0.25, 0.3) is 0 Å². The van der Waals surface area contributed by atoms with Crippen molar-refractivity contribution >= 4 is 0 Å². The summed E-state index contributed by atoms with van der Waals surface area (Å²) in [5.74, 6) is 1.90. The lowest BCUT2D eigenvalue weighted by molar-refractivity contribution is -0.931. The maximum absolute atomic E-state index is 5.91. The second-order valence-corrected chi connectivity index (χ2v) is 7.77. The number of ether oxygens (including phenoxy) is 2. The number of rotatable bonds is 8. The molecule has 2 aliphatic rings. The zero-order chi connectivity index (χ0) is 18.5. The molecule has 2 atom stereocenters. The highest BCUT2D eigenvalue weighted by molar-refractivity contribution is 5.27. The van der Waals surface area contributed by atoms with E-state index in [0.29, 0.717) is 12.1 Å². The summed E-state index contributed by atoms with van der Waals surface area (Å²) >= 11 is 0. The van der Waals surface area contributed by atoms with E-state index in [0.717, 1.165) is 50.7 Å². The summed E-state index contributed by atoms with van der Waals surface area (Å²) in [7, 11) is 1.71. The molecule has 1 aliphatic carbocycles. The number of benzene rings is 1. The highest BCUT2D eigenvalue weighted by Crippen LogP contribution is 2.28. The van der Waals surface area contributed by atoms with Crippen LogP contribution >= 0.6 is 0 Å². The van der Waals surface area contributed by atoms with Gasteiger partial charge in [-0.25, -0.2) is 4.68 Å². The standard InChI is InChI=1S/C20H29N5O2/c1-26-18-9-4-6-16(12-18)13-24(14-19-10-5-11-27-19)15-20-21-22-23-25(20)17-7-2-3-8-17/h4,6,9,12,17,19H,2-3,5,7-8,10-11,13-15H2,1H3/p+1/t19-/m1/s1. The molecule has 1 aromatic heterocycles. The van der Waals surface area contributed by atoms with Gasteiger partial charge in [-0.05, 0) is 48.2 Å². The second kappa shape index (κ2) is 8.80. The first-order chi connectivity index (χ1) is 13.3. The summed E-state index contributed by atoms with van der Waals surface area (Å²) in [6.45, 7) is 3.60. The lowest BCUT2D eigenvalue weighted by Gasteiger charge is -2.23. The predicted octanol–water partition coefficient (Wildman–Crippen LogP) is 1.56. The Labute approximate surface area is 160 Å². The van der Waals surface area contributed by atoms with E-state index in [2.05, 4.69) is 38.4 Å². The lowest BCUT2D eigenvalue weighted by Crippen LogP contribution is -3.10. The molecule has 7 nitrogen and oxygen atoms in total. The Morgan fingerprint density at radius 3 is 2.85 bits per heavy atom. The Hall–Kier alpha value is -1.99. The van der Waals surface area contributed by atoms with Crippen LogP contribution in [-0.2, 0) is 17.8 Å². The SMILES string of the molecule is COc1cccc(C[NH+](Cc2nnnn2C2CCCC2)C[C@H]2CCCO2)c1. The number of nitrogens with one attached hydrogen (secondary N) is 1. The van der Waals surface area contributed by atoms with Crippen molar-refractivity contribution in [3.05, 3.63) is 35.7 Å². The van der Waals surface area contributed by atoms with Gasteiger partial charge in [-0.1, -0.05) is 25.0 Å². The molecule has 0 amide bonds. The zero-order valence-electron chi connectivity index (χ0n) is 16.1. The van der Waals surface area contributed by atoms with Crippen LogP contribution in [0.15, 0.2) is 24.3 Å². The van der Waals surface area contributed by atoms with E-state index >= 15 is 0 Å². The summed E-state index contributed by atoms with van der Waals surface area (Å²) in [5, 5.41) is 12.7. The molecule has 1 unspecified atom stereocenters. The fraction of sp³-hybridized carbons (Fsp3) is 0.650. The Morgan fingerprint density at radius 2 is 2.07 bits per heavy atom. The molecule has 1 saturated heterocycles. The molecule has 27 heavy (non-hydrogen) atoms. The normalized spacial score (nSPS) is 21.6. The van der Waals surface area contributed by atoms with Gasteiger partial charge in [0.15, 0.2) is 0 Å². The number of nitrogens with zero attached hydrogens (tertiary/aromatic N) is 4. The number of quaternary nitrogens is 1. The molecule has 0 radical (unpaired) electrons. The topological polar surface area (TPSA) is 66.5 Å². The van der Waals surface area contributed by atoms with Crippen LogP contribution in [0.25, 0.3) is 0 Å². The molecule has 0 bridgehead atoms. The third-order valence-corrected chi connectivity index (χ3v) is 5.77. The second-order valence-electron chi connectivity index (χ2n) is 7.77. The van der Waals surface area contributed by atoms with Crippen LogP contribution in [0, 0.1) is 0 Å². The van der Waals surface area contributed by atoms with Crippen molar-refractivity contribution in [2.45, 2.75) is 63.8 Å². The minimum absolute atomic E-state index is 0.335. The van der Waals surface area contributed by atoms with Crippen LogP contribution in [0.4, 0.5) is 0 Å². The fourth-order valence-electron chi connectivity index (χ4n) is 4.39. The van der Waals surface area contributed by atoms with E-state index in [1.165, 1.54) is 36.1 Å². The molecule has 1 N–H and O–H groups in total. The van der Waals surface area contributed by atoms with Gasteiger partial charge >= 0.3 is 0 Å². The minimum Gasteiger partial charge on any atom is -0.497 e. The third kappa shape index (κ3) is 4.65. The largest absolute Gasteiger partial charge is 0.497 e. The van der Waals surface area contributed by atoms with Crippen LogP contribution in [-0.4, -0.2) is 46.6 Å². The van der Waals surface area contributed by atoms with E-state index in [1.54, 1.807) is 7.11 Å². The van der Waals surface area contributed by atoms with Gasteiger partial charge in [0.2, 0.25) is 5.82 Å². The Balaban J connectivity index is 1.50. The molecule has 7 heteroatoms. The predicted molar refractivity (Wildman–Crippen MR) is 101 cm³/mol. The molecule has 1 aliphatic heterocycles. The van der Waals surface area contributed by atoms with Crippen molar-refractivity contribution in [2.24, 2.45) is 0 Å². The molecule has 4 rings (SSSR count). The fourth-order valence-corrected chi connectivity index (χ4v) is 4.39. The molecule has 1 aromatic carbocycles. The molecule has 2 aromatic rings. The molecule has 0 spiro atoms. The molecular weight excluding hydrogens is 342 g/mol. The van der Waals surface area contributed by atoms with Crippen LogP contribution in [0.5, 0.6) is 5.75 Å². The minimum atomic E-state index is 0.335. The molecular formula is C20H30N5O2+. The van der Waals surface area contributed by atoms with E-state index < -0.39 is 0 Å². The average molecular weight is 372 g/mol. The smallest absolute Gasteiger partial charge is 0.206 e. The monoisotopic (exact) mass is 372 g/mol. The van der Waals surface area contributed by atoms with Crippen molar-refractivity contribution < 1.29 is 14.4 Å². The molecule has 2 heterocycles. The number of hydrogen-bond donors (Lipinski definition) is 1. The maximum atomic E-state index is 5.91. The first-order valence-corrected chi connectivity index (χ1v) is 10.2. The van der Waals surface area contributed by atoms with Crippen LogP contribution in [0.2, 0.25) is 0 Å². The molecule has 2 fully saturated rings.